The first-order valence-corrected chi connectivity index (χ1v) is 12.2. The van der Waals surface area contributed by atoms with E-state index in [0.29, 0.717) is 12.4 Å². The fourth-order valence-corrected chi connectivity index (χ4v) is 3.19. The van der Waals surface area contributed by atoms with E-state index in [1.165, 1.54) is 11.8 Å². The van der Waals surface area contributed by atoms with Crippen molar-refractivity contribution >= 4 is 53.7 Å². The first-order chi connectivity index (χ1) is 18.8. The second-order valence-corrected chi connectivity index (χ2v) is 8.67. The van der Waals surface area contributed by atoms with E-state index in [2.05, 4.69) is 25.5 Å². The average molecular weight is 567 g/mol. The van der Waals surface area contributed by atoms with E-state index >= 15 is 0 Å². The average Bonchev–Trinajstić information content (AvgIpc) is 2.86. The molecule has 0 heterocycles. The molecule has 0 fully saturated rings. The number of amides is 3. The van der Waals surface area contributed by atoms with Crippen LogP contribution in [0.3, 0.4) is 0 Å². The zero-order valence-electron chi connectivity index (χ0n) is 22.5. The van der Waals surface area contributed by atoms with E-state index in [9.17, 15) is 38.7 Å². The van der Waals surface area contributed by atoms with Crippen molar-refractivity contribution in [2.24, 2.45) is 0 Å². The third kappa shape index (κ3) is 15.6. The smallest absolute Gasteiger partial charge is 0.328 e. The number of ketones is 2. The van der Waals surface area contributed by atoms with Crippen LogP contribution in [0.2, 0.25) is 0 Å². The van der Waals surface area contributed by atoms with Crippen molar-refractivity contribution in [2.45, 2.75) is 63.6 Å². The molecule has 17 heteroatoms. The van der Waals surface area contributed by atoms with Gasteiger partial charge >= 0.3 is 24.4 Å². The molecule has 220 valence electrons. The molecule has 0 saturated carbocycles. The Kier molecular flexibility index (Phi) is 17.2. The van der Waals surface area contributed by atoms with Crippen molar-refractivity contribution in [3.05, 3.63) is 11.1 Å². The Labute approximate surface area is 229 Å². The van der Waals surface area contributed by atoms with Gasteiger partial charge in [-0.2, -0.15) is 9.58 Å². The molecule has 0 aromatic rings. The van der Waals surface area contributed by atoms with Crippen LogP contribution >= 0.6 is 0 Å². The lowest BCUT2D eigenvalue weighted by molar-refractivity contribution is -0.148. The van der Waals surface area contributed by atoms with Gasteiger partial charge in [-0.1, -0.05) is 0 Å². The van der Waals surface area contributed by atoms with Gasteiger partial charge in [-0.25, -0.2) is 9.59 Å². The van der Waals surface area contributed by atoms with Gasteiger partial charge in [-0.15, -0.1) is 0 Å². The summed E-state index contributed by atoms with van der Waals surface area (Å²) in [6.45, 7) is 1.40. The van der Waals surface area contributed by atoms with Crippen LogP contribution in [0.4, 0.5) is 0 Å². The second kappa shape index (κ2) is 19.5. The van der Waals surface area contributed by atoms with Crippen molar-refractivity contribution in [1.29, 1.82) is 0 Å². The Hall–Kier alpha value is -4.59. The highest BCUT2D eigenvalue weighted by atomic mass is 16.5. The highest BCUT2D eigenvalue weighted by Gasteiger charge is 2.29. The van der Waals surface area contributed by atoms with E-state index in [4.69, 9.17) is 15.8 Å². The fourth-order valence-electron chi connectivity index (χ4n) is 3.19. The molecule has 0 radical (unpaired) electrons. The van der Waals surface area contributed by atoms with E-state index in [1.54, 1.807) is 14.1 Å². The number of hydrogen-bond donors (Lipinski definition) is 4. The molecule has 0 aliphatic rings. The summed E-state index contributed by atoms with van der Waals surface area (Å²) in [7, 11) is 3.22. The van der Waals surface area contributed by atoms with Crippen molar-refractivity contribution in [3.63, 3.8) is 0 Å². The maximum absolute atomic E-state index is 13.0. The van der Waals surface area contributed by atoms with E-state index in [0.717, 1.165) is 0 Å². The molecule has 0 saturated heterocycles. The molecular weight excluding hydrogens is 532 g/mol. The molecule has 0 bridgehead atoms. The maximum atomic E-state index is 13.0. The predicted octanol–water partition coefficient (Wildman–Crippen LogP) is -2.27. The van der Waals surface area contributed by atoms with Gasteiger partial charge in [-0.3, -0.25) is 24.0 Å². The highest BCUT2D eigenvalue weighted by molar-refractivity contribution is 6.25. The monoisotopic (exact) mass is 566 g/mol. The van der Waals surface area contributed by atoms with Gasteiger partial charge in [0.05, 0.1) is 13.2 Å². The number of rotatable bonds is 20. The fraction of sp³-hybridized carbons (Fsp3) is 0.609. The minimum absolute atomic E-state index is 0.0394. The quantitative estimate of drug-likeness (QED) is 0.0531. The van der Waals surface area contributed by atoms with Crippen LogP contribution in [0, 0.1) is 0 Å². The molecular formula is C23H34N8O9. The summed E-state index contributed by atoms with van der Waals surface area (Å²) in [5.41, 5.74) is 17.0. The van der Waals surface area contributed by atoms with Gasteiger partial charge in [-0.05, 0) is 40.3 Å². The lowest BCUT2D eigenvalue weighted by atomic mass is 10.0. The van der Waals surface area contributed by atoms with Crippen LogP contribution in [0.1, 0.15) is 45.4 Å². The summed E-state index contributed by atoms with van der Waals surface area (Å²) in [6, 6.07) is -4.12. The SMILES string of the molecule is CCOC(=O)[C@H](CCC(=O)C=[N+]=[N-])NC(=O)[C@H](CCC(=O)C=[N+]=[N-])NC(=O)CC[C@H](NC(=O)CN(C)C)C(=O)O. The molecule has 0 aromatic carbocycles. The van der Waals surface area contributed by atoms with Crippen LogP contribution in [0.5, 0.6) is 0 Å². The highest BCUT2D eigenvalue weighted by Crippen LogP contribution is 2.06. The third-order valence-electron chi connectivity index (χ3n) is 5.05. The standard InChI is InChI=1S/C23H34N8O9/c1-4-40-23(39)18(8-6-15(33)12-27-25)30-21(36)16(7-5-14(32)11-26-24)28-19(34)10-9-17(22(37)38)29-20(35)13-31(2)3/h11-12,16-18H,4-10,13H2,1-3H3,(H,28,34)(H,29,35)(H,30,36)(H,37,38)/t16-,17-,18-/m0/s1. The number of nitrogens with zero attached hydrogens (tertiary/aromatic N) is 5. The Morgan fingerprint density at radius 2 is 1.30 bits per heavy atom. The van der Waals surface area contributed by atoms with Crippen molar-refractivity contribution in [2.75, 3.05) is 27.2 Å². The lowest BCUT2D eigenvalue weighted by Crippen LogP contribution is -2.52. The Morgan fingerprint density at radius 3 is 1.77 bits per heavy atom. The summed E-state index contributed by atoms with van der Waals surface area (Å²) >= 11 is 0. The normalized spacial score (nSPS) is 12.4. The number of esters is 1. The molecule has 0 rings (SSSR count). The van der Waals surface area contributed by atoms with Crippen LogP contribution in [-0.4, -0.2) is 119 Å². The number of ether oxygens (including phenoxy) is 1. The molecule has 0 aliphatic carbocycles. The minimum Gasteiger partial charge on any atom is -0.480 e. The number of carboxylic acids is 1. The van der Waals surface area contributed by atoms with Gasteiger partial charge in [0.2, 0.25) is 29.3 Å². The zero-order chi connectivity index (χ0) is 30.7. The summed E-state index contributed by atoms with van der Waals surface area (Å²) in [5, 5.41) is 16.4. The van der Waals surface area contributed by atoms with E-state index in [-0.39, 0.29) is 45.3 Å². The van der Waals surface area contributed by atoms with Gasteiger partial charge in [0.1, 0.15) is 18.1 Å². The zero-order valence-corrected chi connectivity index (χ0v) is 22.5. The first kappa shape index (κ1) is 35.4. The van der Waals surface area contributed by atoms with Crippen molar-refractivity contribution < 1.29 is 53.0 Å². The first-order valence-electron chi connectivity index (χ1n) is 12.2. The number of aliphatic carboxylic acids is 1. The predicted molar refractivity (Wildman–Crippen MR) is 136 cm³/mol. The number of carbonyl (C=O) groups excluding carboxylic acids is 6. The molecule has 3 amide bonds. The van der Waals surface area contributed by atoms with Crippen LogP contribution in [-0.2, 0) is 38.3 Å². The Morgan fingerprint density at radius 1 is 0.800 bits per heavy atom. The van der Waals surface area contributed by atoms with Gasteiger partial charge in [0.15, 0.2) is 0 Å². The number of Topliss-reactive ketones (excluding diaryl/α,β-unsaturated/α-hetero) is 2. The van der Waals surface area contributed by atoms with Gasteiger partial charge in [0.25, 0.3) is 0 Å². The Bertz CT molecular complexity index is 1050. The second-order valence-electron chi connectivity index (χ2n) is 8.67. The van der Waals surface area contributed by atoms with Crippen molar-refractivity contribution in [3.8, 4) is 0 Å². The summed E-state index contributed by atoms with van der Waals surface area (Å²) in [4.78, 5) is 91.5. The maximum Gasteiger partial charge on any atom is 0.328 e. The molecule has 0 unspecified atom stereocenters. The minimum atomic E-state index is -1.40. The summed E-state index contributed by atoms with van der Waals surface area (Å²) in [6.07, 6.45) is -0.705. The largest absolute Gasteiger partial charge is 0.480 e. The number of hydrogen-bond acceptors (Lipinski definition) is 9. The topological polar surface area (TPSA) is 261 Å². The number of carboxylic acid groups (broad SMARTS) is 1. The Balaban J connectivity index is 5.58. The van der Waals surface area contributed by atoms with Crippen LogP contribution in [0.15, 0.2) is 0 Å². The summed E-state index contributed by atoms with van der Waals surface area (Å²) in [5.74, 6) is -5.86. The van der Waals surface area contributed by atoms with Crippen LogP contribution in [0.25, 0.3) is 11.1 Å². The number of likely N-dealkylation sites (N-methyl/N-ethyl adjacent to an activating group) is 1. The molecule has 17 nitrogen and oxygen atoms in total. The number of carbonyl (C=O) groups is 7. The molecule has 0 aromatic heterocycles. The molecule has 0 aliphatic heterocycles. The molecule has 40 heavy (non-hydrogen) atoms. The van der Waals surface area contributed by atoms with Gasteiger partial charge in [0, 0.05) is 19.3 Å². The lowest BCUT2D eigenvalue weighted by Gasteiger charge is -2.22. The molecule has 0 spiro atoms. The van der Waals surface area contributed by atoms with Crippen molar-refractivity contribution in [1.82, 2.24) is 20.9 Å². The van der Waals surface area contributed by atoms with E-state index in [1.807, 2.05) is 0 Å². The third-order valence-corrected chi connectivity index (χ3v) is 5.05. The van der Waals surface area contributed by atoms with Crippen LogP contribution < -0.4 is 16.0 Å². The molecule has 4 N–H and O–H groups in total. The van der Waals surface area contributed by atoms with Gasteiger partial charge < -0.3 is 41.8 Å². The van der Waals surface area contributed by atoms with E-state index < -0.39 is 65.8 Å². The summed E-state index contributed by atoms with van der Waals surface area (Å²) < 4.78 is 4.90. The molecule has 3 atom stereocenters. The number of nitrogens with one attached hydrogen (secondary N) is 3.